The number of hydrogen-bond donors (Lipinski definition) is 0. The summed E-state index contributed by atoms with van der Waals surface area (Å²) in [4.78, 5) is 2.47. The standard InChI is InChI=1S/C47H33NSe/c1-47(2)42-18-9-8-17-38(42)41-28-35(23-26-43(41)47)48(34-15-10-14-33(27-34)30-11-4-3-5-12-30)36-22-25-39-40-24-21-32-20-19-31-13-6-7-16-37(31)45(32)46(40)49-44(39)29-36/h3-29H,1-2H3. The summed E-state index contributed by atoms with van der Waals surface area (Å²) in [6.45, 7) is 4.71. The molecule has 0 unspecified atom stereocenters. The van der Waals surface area contributed by atoms with Crippen molar-refractivity contribution in [1.29, 1.82) is 0 Å². The number of anilines is 3. The molecule has 2 heteroatoms. The Morgan fingerprint density at radius 1 is 0.449 bits per heavy atom. The van der Waals surface area contributed by atoms with Crippen LogP contribution in [0, 0.1) is 0 Å². The Hall–Kier alpha value is -5.40. The van der Waals surface area contributed by atoms with Crippen LogP contribution in [0.1, 0.15) is 25.0 Å². The molecule has 8 aromatic carbocycles. The molecule has 1 aromatic heterocycles. The maximum atomic E-state index is 2.47. The Labute approximate surface area is 292 Å². The molecule has 0 N–H and O–H groups in total. The molecule has 1 aliphatic carbocycles. The molecule has 9 aromatic rings. The Balaban J connectivity index is 1.20. The van der Waals surface area contributed by atoms with Crippen molar-refractivity contribution in [3.8, 4) is 22.3 Å². The van der Waals surface area contributed by atoms with Crippen molar-refractivity contribution in [3.63, 3.8) is 0 Å². The first-order valence-electron chi connectivity index (χ1n) is 17.0. The van der Waals surface area contributed by atoms with Crippen LogP contribution in [0.3, 0.4) is 0 Å². The summed E-state index contributed by atoms with van der Waals surface area (Å²) in [5.41, 5.74) is 11.4. The van der Waals surface area contributed by atoms with E-state index in [2.05, 4.69) is 183 Å². The van der Waals surface area contributed by atoms with Crippen molar-refractivity contribution in [2.45, 2.75) is 19.3 Å². The molecule has 1 heterocycles. The number of fused-ring (bicyclic) bond motifs is 10. The predicted octanol–water partition coefficient (Wildman–Crippen LogP) is 12.8. The quantitative estimate of drug-likeness (QED) is 0.131. The first-order chi connectivity index (χ1) is 24.0. The van der Waals surface area contributed by atoms with Gasteiger partial charge in [0.15, 0.2) is 0 Å². The summed E-state index contributed by atoms with van der Waals surface area (Å²) >= 11 is 0.183. The van der Waals surface area contributed by atoms with E-state index in [-0.39, 0.29) is 19.9 Å². The number of hydrogen-bond acceptors (Lipinski definition) is 1. The molecule has 0 saturated carbocycles. The SMILES string of the molecule is CC1(C)c2ccccc2-c2cc(N(c3cccc(-c4ccccc4)c3)c3ccc4c(c3)[se]c3c4ccc4ccc5ccccc5c43)ccc21. The van der Waals surface area contributed by atoms with Gasteiger partial charge in [-0.2, -0.15) is 0 Å². The van der Waals surface area contributed by atoms with E-state index < -0.39 is 0 Å². The van der Waals surface area contributed by atoms with Crippen LogP contribution in [0.4, 0.5) is 17.1 Å². The van der Waals surface area contributed by atoms with Gasteiger partial charge in [-0.05, 0) is 0 Å². The monoisotopic (exact) mass is 691 g/mol. The summed E-state index contributed by atoms with van der Waals surface area (Å²) in [7, 11) is 0. The van der Waals surface area contributed by atoms with Crippen LogP contribution in [0.2, 0.25) is 0 Å². The minimum absolute atomic E-state index is 0.0304. The fourth-order valence-corrected chi connectivity index (χ4v) is 10.9. The second-order valence-electron chi connectivity index (χ2n) is 13.8. The molecule has 0 saturated heterocycles. The van der Waals surface area contributed by atoms with Gasteiger partial charge in [0.25, 0.3) is 0 Å². The van der Waals surface area contributed by atoms with Gasteiger partial charge in [-0.15, -0.1) is 0 Å². The van der Waals surface area contributed by atoms with E-state index in [0.29, 0.717) is 0 Å². The number of benzene rings is 8. The van der Waals surface area contributed by atoms with Crippen LogP contribution in [0.25, 0.3) is 63.1 Å². The molecule has 0 aliphatic heterocycles. The topological polar surface area (TPSA) is 3.24 Å². The van der Waals surface area contributed by atoms with Crippen molar-refractivity contribution < 1.29 is 0 Å². The van der Waals surface area contributed by atoms with Crippen molar-refractivity contribution in [3.05, 3.63) is 175 Å². The van der Waals surface area contributed by atoms with Gasteiger partial charge in [0, 0.05) is 0 Å². The summed E-state index contributed by atoms with van der Waals surface area (Å²) in [5, 5.41) is 8.17. The predicted molar refractivity (Wildman–Crippen MR) is 211 cm³/mol. The average molecular weight is 691 g/mol. The van der Waals surface area contributed by atoms with Gasteiger partial charge in [-0.3, -0.25) is 0 Å². The third-order valence-electron chi connectivity index (χ3n) is 10.6. The van der Waals surface area contributed by atoms with Crippen LogP contribution in [0.5, 0.6) is 0 Å². The van der Waals surface area contributed by atoms with E-state index in [1.165, 1.54) is 85.6 Å². The van der Waals surface area contributed by atoms with Gasteiger partial charge >= 0.3 is 294 Å². The van der Waals surface area contributed by atoms with Gasteiger partial charge in [0.1, 0.15) is 0 Å². The van der Waals surface area contributed by atoms with Crippen LogP contribution >= 0.6 is 0 Å². The summed E-state index contributed by atoms with van der Waals surface area (Å²) in [6.07, 6.45) is 0. The van der Waals surface area contributed by atoms with Gasteiger partial charge in [-0.1, -0.05) is 0 Å². The van der Waals surface area contributed by atoms with E-state index in [1.807, 2.05) is 0 Å². The molecule has 0 amide bonds. The van der Waals surface area contributed by atoms with Gasteiger partial charge in [-0.25, -0.2) is 0 Å². The Morgan fingerprint density at radius 3 is 2.04 bits per heavy atom. The molecule has 49 heavy (non-hydrogen) atoms. The number of rotatable bonds is 4. The number of nitrogens with zero attached hydrogens (tertiary/aromatic N) is 1. The zero-order chi connectivity index (χ0) is 32.7. The third kappa shape index (κ3) is 4.38. The molecule has 0 radical (unpaired) electrons. The molecule has 0 atom stereocenters. The molecule has 1 aliphatic rings. The molecule has 10 rings (SSSR count). The normalized spacial score (nSPS) is 13.3. The van der Waals surface area contributed by atoms with Crippen molar-refractivity contribution >= 4 is 72.4 Å². The zero-order valence-electron chi connectivity index (χ0n) is 27.4. The van der Waals surface area contributed by atoms with Gasteiger partial charge < -0.3 is 0 Å². The molecular weight excluding hydrogens is 657 g/mol. The maximum absolute atomic E-state index is 2.47. The van der Waals surface area contributed by atoms with Crippen molar-refractivity contribution in [1.82, 2.24) is 0 Å². The van der Waals surface area contributed by atoms with Crippen LogP contribution in [0.15, 0.2) is 164 Å². The zero-order valence-corrected chi connectivity index (χ0v) is 29.2. The van der Waals surface area contributed by atoms with Crippen molar-refractivity contribution in [2.75, 3.05) is 4.90 Å². The Morgan fingerprint density at radius 2 is 1.12 bits per heavy atom. The molecule has 0 bridgehead atoms. The van der Waals surface area contributed by atoms with Crippen molar-refractivity contribution in [2.24, 2.45) is 0 Å². The minimum atomic E-state index is -0.0304. The third-order valence-corrected chi connectivity index (χ3v) is 13.1. The van der Waals surface area contributed by atoms with Gasteiger partial charge in [0.2, 0.25) is 0 Å². The van der Waals surface area contributed by atoms with Crippen LogP contribution < -0.4 is 4.90 Å². The summed E-state index contributed by atoms with van der Waals surface area (Å²) in [5.74, 6) is 0. The first-order valence-corrected chi connectivity index (χ1v) is 18.7. The molecule has 1 nitrogen and oxygen atoms in total. The summed E-state index contributed by atoms with van der Waals surface area (Å²) < 4.78 is 2.94. The van der Waals surface area contributed by atoms with Crippen LogP contribution in [-0.2, 0) is 5.41 Å². The van der Waals surface area contributed by atoms with E-state index in [1.54, 1.807) is 0 Å². The Bertz CT molecular complexity index is 2750. The van der Waals surface area contributed by atoms with Gasteiger partial charge in [0.05, 0.1) is 0 Å². The molecule has 0 fully saturated rings. The first kappa shape index (κ1) is 28.6. The second kappa shape index (κ2) is 10.8. The fourth-order valence-electron chi connectivity index (χ4n) is 8.20. The summed E-state index contributed by atoms with van der Waals surface area (Å²) in [6, 6.07) is 61.0. The molecule has 232 valence electrons. The average Bonchev–Trinajstić information content (AvgIpc) is 3.63. The Kier molecular flexibility index (Phi) is 6.31. The van der Waals surface area contributed by atoms with E-state index in [0.717, 1.165) is 5.69 Å². The van der Waals surface area contributed by atoms with Crippen LogP contribution in [-0.4, -0.2) is 14.5 Å². The van der Waals surface area contributed by atoms with E-state index in [9.17, 15) is 0 Å². The second-order valence-corrected chi connectivity index (χ2v) is 16.0. The fraction of sp³-hybridized carbons (Fsp3) is 0.0638. The van der Waals surface area contributed by atoms with E-state index >= 15 is 0 Å². The van der Waals surface area contributed by atoms with E-state index in [4.69, 9.17) is 0 Å². The molecular formula is C47H33NSe. The molecule has 0 spiro atoms.